The van der Waals surface area contributed by atoms with Crippen LogP contribution in [-0.2, 0) is 17.6 Å². The summed E-state index contributed by atoms with van der Waals surface area (Å²) >= 11 is 9.40. The molecule has 0 spiro atoms. The fraction of sp³-hybridized carbons (Fsp3) is 0.148. The van der Waals surface area contributed by atoms with Crippen molar-refractivity contribution in [3.05, 3.63) is 90.3 Å². The second kappa shape index (κ2) is 10.3. The van der Waals surface area contributed by atoms with E-state index in [-0.39, 0.29) is 17.2 Å². The predicted octanol–water partition coefficient (Wildman–Crippen LogP) is 6.12. The number of nitriles is 1. The highest BCUT2D eigenvalue weighted by Crippen LogP contribution is 2.36. The van der Waals surface area contributed by atoms with Crippen molar-refractivity contribution in [2.45, 2.75) is 24.4 Å². The van der Waals surface area contributed by atoms with Gasteiger partial charge in [0.2, 0.25) is 5.91 Å². The number of anilines is 1. The normalized spacial score (nSPS) is 12.4. The van der Waals surface area contributed by atoms with Gasteiger partial charge in [0.1, 0.15) is 21.6 Å². The summed E-state index contributed by atoms with van der Waals surface area (Å²) in [5.74, 6) is 0.0162. The Hall–Kier alpha value is -3.56. The van der Waals surface area contributed by atoms with Gasteiger partial charge in [-0.15, -0.1) is 11.3 Å². The van der Waals surface area contributed by atoms with Crippen LogP contribution < -0.4 is 10.9 Å². The molecule has 1 aliphatic carbocycles. The molecule has 0 saturated carbocycles. The zero-order chi connectivity index (χ0) is 26.2. The number of carbonyl (C=O) groups is 1. The van der Waals surface area contributed by atoms with E-state index in [0.29, 0.717) is 30.9 Å². The number of thiazole rings is 1. The molecule has 0 bridgehead atoms. The van der Waals surface area contributed by atoms with Crippen molar-refractivity contribution in [1.82, 2.24) is 14.1 Å². The van der Waals surface area contributed by atoms with Crippen LogP contribution in [0.5, 0.6) is 0 Å². The number of benzene rings is 2. The smallest absolute Gasteiger partial charge is 0.267 e. The van der Waals surface area contributed by atoms with Gasteiger partial charge in [-0.25, -0.2) is 4.98 Å². The Balaban J connectivity index is 1.34. The topological polar surface area (TPSA) is 92.7 Å². The van der Waals surface area contributed by atoms with Crippen molar-refractivity contribution in [2.75, 3.05) is 11.1 Å². The van der Waals surface area contributed by atoms with Crippen LogP contribution in [0.15, 0.2) is 70.6 Å². The number of nitrogens with zero attached hydrogens (tertiary/aromatic N) is 4. The quantitative estimate of drug-likeness (QED) is 0.149. The number of rotatable bonds is 6. The minimum Gasteiger partial charge on any atom is -0.309 e. The maximum Gasteiger partial charge on any atom is 0.267 e. The Bertz CT molecular complexity index is 1850. The molecule has 1 aliphatic rings. The summed E-state index contributed by atoms with van der Waals surface area (Å²) < 4.78 is 3.76. The monoisotopic (exact) mass is 573 g/mol. The fourth-order valence-electron chi connectivity index (χ4n) is 4.60. The van der Waals surface area contributed by atoms with E-state index in [1.807, 2.05) is 60.7 Å². The summed E-state index contributed by atoms with van der Waals surface area (Å²) in [6.45, 7) is 0. The van der Waals surface area contributed by atoms with E-state index < -0.39 is 0 Å². The number of thioether (sulfide) groups is 1. The molecule has 38 heavy (non-hydrogen) atoms. The van der Waals surface area contributed by atoms with Gasteiger partial charge in [-0.1, -0.05) is 59.5 Å². The summed E-state index contributed by atoms with van der Waals surface area (Å²) in [7, 11) is 0. The first kappa shape index (κ1) is 24.8. The van der Waals surface area contributed by atoms with Crippen molar-refractivity contribution in [2.24, 2.45) is 0 Å². The third kappa shape index (κ3) is 4.39. The van der Waals surface area contributed by atoms with E-state index in [1.165, 1.54) is 16.6 Å². The average molecular weight is 574 g/mol. The summed E-state index contributed by atoms with van der Waals surface area (Å²) in [6, 6.07) is 20.9. The Morgan fingerprint density at radius 3 is 2.42 bits per heavy atom. The number of hydrogen-bond acceptors (Lipinski definition) is 8. The third-order valence-electron chi connectivity index (χ3n) is 6.24. The van der Waals surface area contributed by atoms with Crippen molar-refractivity contribution in [3.8, 4) is 17.4 Å². The van der Waals surface area contributed by atoms with Crippen LogP contribution in [-0.4, -0.2) is 25.8 Å². The SMILES string of the molecule is N#Cc1sc(=S)n(-c2ccccc2)c1NC(=O)CSc1nc2sc3c(c2c(=O)n1-c1ccccc1)CCC3. The largest absolute Gasteiger partial charge is 0.309 e. The van der Waals surface area contributed by atoms with Gasteiger partial charge in [0.25, 0.3) is 5.56 Å². The van der Waals surface area contributed by atoms with E-state index in [2.05, 4.69) is 11.4 Å². The van der Waals surface area contributed by atoms with Gasteiger partial charge in [0.05, 0.1) is 16.8 Å². The number of nitrogens with one attached hydrogen (secondary N) is 1. The van der Waals surface area contributed by atoms with Crippen molar-refractivity contribution in [3.63, 3.8) is 0 Å². The van der Waals surface area contributed by atoms with Gasteiger partial charge in [-0.3, -0.25) is 18.7 Å². The first-order valence-corrected chi connectivity index (χ1v) is 14.8. The second-order valence-electron chi connectivity index (χ2n) is 8.57. The van der Waals surface area contributed by atoms with Crippen LogP contribution in [0.2, 0.25) is 0 Å². The molecule has 0 atom stereocenters. The first-order valence-electron chi connectivity index (χ1n) is 11.8. The minimum absolute atomic E-state index is 0.00185. The van der Waals surface area contributed by atoms with E-state index >= 15 is 0 Å². The highest BCUT2D eigenvalue weighted by molar-refractivity contribution is 7.99. The molecule has 2 aromatic carbocycles. The predicted molar refractivity (Wildman–Crippen MR) is 156 cm³/mol. The van der Waals surface area contributed by atoms with Crippen molar-refractivity contribution in [1.29, 1.82) is 5.26 Å². The lowest BCUT2D eigenvalue weighted by atomic mass is 10.2. The van der Waals surface area contributed by atoms with Gasteiger partial charge in [-0.05, 0) is 61.3 Å². The molecule has 6 rings (SSSR count). The number of para-hydroxylation sites is 2. The zero-order valence-corrected chi connectivity index (χ0v) is 23.1. The Kier molecular flexibility index (Phi) is 6.71. The molecule has 3 heterocycles. The molecule has 11 heteroatoms. The third-order valence-corrected chi connectivity index (χ3v) is 9.64. The molecule has 1 N–H and O–H groups in total. The van der Waals surface area contributed by atoms with E-state index in [0.717, 1.165) is 46.7 Å². The molecule has 188 valence electrons. The zero-order valence-electron chi connectivity index (χ0n) is 19.8. The summed E-state index contributed by atoms with van der Waals surface area (Å²) in [5, 5.41) is 13.7. The Morgan fingerprint density at radius 2 is 1.74 bits per heavy atom. The average Bonchev–Trinajstić information content (AvgIpc) is 3.61. The number of fused-ring (bicyclic) bond motifs is 3. The van der Waals surface area contributed by atoms with Gasteiger partial charge in [0, 0.05) is 10.6 Å². The molecule has 0 aliphatic heterocycles. The van der Waals surface area contributed by atoms with Crippen LogP contribution in [0.25, 0.3) is 21.6 Å². The number of thiophene rings is 1. The standard InChI is InChI=1S/C27H19N5O2S4/c28-14-20-23(31(27(35)38-20)16-8-3-1-4-9-16)29-21(33)15-36-26-30-24-22(18-12-7-13-19(18)37-24)25(34)32(26)17-10-5-2-6-11-17/h1-6,8-11H,7,12-13,15H2,(H,29,33). The maximum atomic E-state index is 13.8. The molecule has 0 unspecified atom stereocenters. The molecule has 0 fully saturated rings. The number of amides is 1. The molecular formula is C27H19N5O2S4. The summed E-state index contributed by atoms with van der Waals surface area (Å²) in [4.78, 5) is 34.0. The number of hydrogen-bond donors (Lipinski definition) is 1. The molecule has 7 nitrogen and oxygen atoms in total. The fourth-order valence-corrected chi connectivity index (χ4v) is 7.91. The molecule has 3 aromatic heterocycles. The highest BCUT2D eigenvalue weighted by Gasteiger charge is 2.24. The lowest BCUT2D eigenvalue weighted by molar-refractivity contribution is -0.113. The second-order valence-corrected chi connectivity index (χ2v) is 12.2. The van der Waals surface area contributed by atoms with Crippen molar-refractivity contribution < 1.29 is 4.79 Å². The van der Waals surface area contributed by atoms with Gasteiger partial charge in [-0.2, -0.15) is 5.26 Å². The lowest BCUT2D eigenvalue weighted by Gasteiger charge is -2.13. The molecule has 0 saturated heterocycles. The first-order chi connectivity index (χ1) is 18.5. The Morgan fingerprint density at radius 1 is 1.05 bits per heavy atom. The highest BCUT2D eigenvalue weighted by atomic mass is 32.2. The number of aryl methyl sites for hydroxylation is 2. The van der Waals surface area contributed by atoms with E-state index in [4.69, 9.17) is 17.2 Å². The molecular weight excluding hydrogens is 555 g/mol. The van der Waals surface area contributed by atoms with Crippen LogP contribution in [0, 0.1) is 15.3 Å². The summed E-state index contributed by atoms with van der Waals surface area (Å²) in [6.07, 6.45) is 2.92. The number of carbonyl (C=O) groups excluding carboxylic acids is 1. The molecule has 5 aromatic rings. The van der Waals surface area contributed by atoms with Crippen molar-refractivity contribution >= 4 is 68.6 Å². The van der Waals surface area contributed by atoms with Crippen LogP contribution in [0.3, 0.4) is 0 Å². The lowest BCUT2D eigenvalue weighted by Crippen LogP contribution is -2.23. The maximum absolute atomic E-state index is 13.8. The van der Waals surface area contributed by atoms with E-state index in [9.17, 15) is 14.9 Å². The van der Waals surface area contributed by atoms with Gasteiger partial charge in [0.15, 0.2) is 9.11 Å². The van der Waals surface area contributed by atoms with Crippen LogP contribution in [0.1, 0.15) is 21.7 Å². The molecule has 0 radical (unpaired) electrons. The van der Waals surface area contributed by atoms with Gasteiger partial charge < -0.3 is 5.32 Å². The van der Waals surface area contributed by atoms with Crippen LogP contribution >= 0.6 is 46.7 Å². The Labute approximate surface area is 235 Å². The van der Waals surface area contributed by atoms with E-state index in [1.54, 1.807) is 20.5 Å². The minimum atomic E-state index is -0.327. The summed E-state index contributed by atoms with van der Waals surface area (Å²) in [5.41, 5.74) is 2.47. The number of aromatic nitrogens is 3. The van der Waals surface area contributed by atoms with Gasteiger partial charge >= 0.3 is 0 Å². The molecule has 1 amide bonds. The van der Waals surface area contributed by atoms with Crippen LogP contribution in [0.4, 0.5) is 5.82 Å².